The molecule has 0 radical (unpaired) electrons. The van der Waals surface area contributed by atoms with E-state index in [1.807, 2.05) is 0 Å². The molecule has 0 aliphatic rings. The molecule has 0 bridgehead atoms. The number of alkyl halides is 3. The van der Waals surface area contributed by atoms with Crippen molar-refractivity contribution in [3.8, 4) is 11.4 Å². The lowest BCUT2D eigenvalue weighted by molar-refractivity contribution is -0.142. The molecule has 2 nitrogen and oxygen atoms in total. The molecule has 2 rings (SSSR count). The van der Waals surface area contributed by atoms with Crippen LogP contribution in [0, 0.1) is 11.6 Å². The SMILES string of the molecule is CCCCCCCCCCCCCCCCCCCCc1ccnc(-c2cc(F)c(C(F)(F)F)c(F)c2)n1. The Bertz CT molecular complexity index is 890. The second-order valence-electron chi connectivity index (χ2n) is 10.4. The first-order chi connectivity index (χ1) is 18.3. The van der Waals surface area contributed by atoms with Crippen LogP contribution in [0.5, 0.6) is 0 Å². The predicted molar refractivity (Wildman–Crippen MR) is 145 cm³/mol. The van der Waals surface area contributed by atoms with Crippen LogP contribution in [0.1, 0.15) is 134 Å². The van der Waals surface area contributed by atoms with E-state index in [9.17, 15) is 22.0 Å². The summed E-state index contributed by atoms with van der Waals surface area (Å²) in [6.07, 6.45) is 20.5. The van der Waals surface area contributed by atoms with Gasteiger partial charge in [-0.05, 0) is 31.0 Å². The highest BCUT2D eigenvalue weighted by Gasteiger charge is 2.38. The minimum absolute atomic E-state index is 0.0245. The molecule has 2 aromatic rings. The Balaban J connectivity index is 1.53. The Morgan fingerprint density at radius 2 is 1.05 bits per heavy atom. The largest absolute Gasteiger partial charge is 0.422 e. The fraction of sp³-hybridized carbons (Fsp3) is 0.677. The molecule has 0 fully saturated rings. The zero-order valence-electron chi connectivity index (χ0n) is 23.0. The van der Waals surface area contributed by atoms with Crippen LogP contribution < -0.4 is 0 Å². The first-order valence-corrected chi connectivity index (χ1v) is 14.7. The molecule has 0 unspecified atom stereocenters. The second kappa shape index (κ2) is 18.3. The van der Waals surface area contributed by atoms with E-state index in [1.54, 1.807) is 6.07 Å². The van der Waals surface area contributed by atoms with Gasteiger partial charge in [0.25, 0.3) is 0 Å². The number of hydrogen-bond donors (Lipinski definition) is 0. The van der Waals surface area contributed by atoms with Crippen molar-refractivity contribution < 1.29 is 22.0 Å². The van der Waals surface area contributed by atoms with E-state index in [0.29, 0.717) is 24.2 Å². The number of halogens is 5. The normalized spacial score (nSPS) is 11.8. The molecule has 0 N–H and O–H groups in total. The molecule has 0 saturated carbocycles. The van der Waals surface area contributed by atoms with Crippen molar-refractivity contribution in [3.05, 3.63) is 47.3 Å². The number of rotatable bonds is 20. The van der Waals surface area contributed by atoms with Crippen molar-refractivity contribution in [2.45, 2.75) is 135 Å². The van der Waals surface area contributed by atoms with Crippen molar-refractivity contribution in [2.75, 3.05) is 0 Å². The summed E-state index contributed by atoms with van der Waals surface area (Å²) in [5, 5.41) is 0. The summed E-state index contributed by atoms with van der Waals surface area (Å²) >= 11 is 0. The van der Waals surface area contributed by atoms with Gasteiger partial charge >= 0.3 is 6.18 Å². The fourth-order valence-corrected chi connectivity index (χ4v) is 4.86. The highest BCUT2D eigenvalue weighted by atomic mass is 19.4. The van der Waals surface area contributed by atoms with Crippen molar-refractivity contribution in [3.63, 3.8) is 0 Å². The molecular formula is C31H45F5N2. The average Bonchev–Trinajstić information content (AvgIpc) is 2.87. The molecule has 38 heavy (non-hydrogen) atoms. The van der Waals surface area contributed by atoms with E-state index in [0.717, 1.165) is 19.3 Å². The number of benzene rings is 1. The Morgan fingerprint density at radius 1 is 0.632 bits per heavy atom. The Kier molecular flexibility index (Phi) is 15.5. The standard InChI is InChI=1S/C31H45F5N2/c1-2-3-4-5-6-7-8-9-10-11-12-13-14-15-16-17-18-19-20-26-21-22-37-30(38-26)25-23-27(32)29(28(33)24-25)31(34,35)36/h21-24H,2-20H2,1H3. The predicted octanol–water partition coefficient (Wildman–Crippen LogP) is 11.0. The van der Waals surface area contributed by atoms with E-state index >= 15 is 0 Å². The third kappa shape index (κ3) is 12.7. The van der Waals surface area contributed by atoms with E-state index in [-0.39, 0.29) is 11.4 Å². The summed E-state index contributed by atoms with van der Waals surface area (Å²) in [6.45, 7) is 2.26. The summed E-state index contributed by atoms with van der Waals surface area (Å²) in [4.78, 5) is 8.29. The van der Waals surface area contributed by atoms with Gasteiger partial charge in [-0.3, -0.25) is 0 Å². The molecule has 1 heterocycles. The van der Waals surface area contributed by atoms with Gasteiger partial charge in [0.2, 0.25) is 0 Å². The summed E-state index contributed by atoms with van der Waals surface area (Å²) in [6, 6.07) is 3.01. The van der Waals surface area contributed by atoms with Gasteiger partial charge in [0.1, 0.15) is 17.2 Å². The molecule has 0 aliphatic heterocycles. The maximum absolute atomic E-state index is 13.9. The van der Waals surface area contributed by atoms with Gasteiger partial charge in [-0.2, -0.15) is 13.2 Å². The van der Waals surface area contributed by atoms with E-state index in [4.69, 9.17) is 0 Å². The molecule has 0 atom stereocenters. The van der Waals surface area contributed by atoms with Crippen molar-refractivity contribution in [1.29, 1.82) is 0 Å². The second-order valence-corrected chi connectivity index (χ2v) is 10.4. The number of aromatic nitrogens is 2. The highest BCUT2D eigenvalue weighted by molar-refractivity contribution is 5.56. The maximum atomic E-state index is 13.9. The molecular weight excluding hydrogens is 495 g/mol. The molecule has 0 saturated heterocycles. The van der Waals surface area contributed by atoms with Crippen LogP contribution in [-0.4, -0.2) is 9.97 Å². The molecule has 0 amide bonds. The quantitative estimate of drug-likeness (QED) is 0.123. The highest BCUT2D eigenvalue weighted by Crippen LogP contribution is 2.35. The number of nitrogens with zero attached hydrogens (tertiary/aromatic N) is 2. The minimum atomic E-state index is -5.10. The fourth-order valence-electron chi connectivity index (χ4n) is 4.86. The molecule has 1 aromatic heterocycles. The van der Waals surface area contributed by atoms with Gasteiger partial charge in [-0.25, -0.2) is 18.7 Å². The average molecular weight is 541 g/mol. The molecule has 0 spiro atoms. The van der Waals surface area contributed by atoms with Crippen LogP contribution in [0.2, 0.25) is 0 Å². The summed E-state index contributed by atoms with van der Waals surface area (Å²) in [5.74, 6) is -3.30. The van der Waals surface area contributed by atoms with Crippen LogP contribution in [0.25, 0.3) is 11.4 Å². The summed E-state index contributed by atoms with van der Waals surface area (Å²) < 4.78 is 66.2. The Morgan fingerprint density at radius 3 is 1.47 bits per heavy atom. The maximum Gasteiger partial charge on any atom is 0.422 e. The van der Waals surface area contributed by atoms with Crippen LogP contribution >= 0.6 is 0 Å². The third-order valence-electron chi connectivity index (χ3n) is 7.08. The van der Waals surface area contributed by atoms with Crippen LogP contribution in [0.4, 0.5) is 22.0 Å². The van der Waals surface area contributed by atoms with E-state index < -0.39 is 23.4 Å². The molecule has 0 aliphatic carbocycles. The van der Waals surface area contributed by atoms with Gasteiger partial charge in [0, 0.05) is 17.5 Å². The smallest absolute Gasteiger partial charge is 0.237 e. The Labute approximate surface area is 225 Å². The van der Waals surface area contributed by atoms with Crippen LogP contribution in [0.3, 0.4) is 0 Å². The number of unbranched alkanes of at least 4 members (excludes halogenated alkanes) is 17. The zero-order valence-corrected chi connectivity index (χ0v) is 23.0. The van der Waals surface area contributed by atoms with Gasteiger partial charge in [0.15, 0.2) is 5.82 Å². The van der Waals surface area contributed by atoms with E-state index in [2.05, 4.69) is 16.9 Å². The molecule has 214 valence electrons. The molecule has 1 aromatic carbocycles. The topological polar surface area (TPSA) is 25.8 Å². The lowest BCUT2D eigenvalue weighted by atomic mass is 10.0. The van der Waals surface area contributed by atoms with Gasteiger partial charge in [-0.15, -0.1) is 0 Å². The number of hydrogen-bond acceptors (Lipinski definition) is 2. The van der Waals surface area contributed by atoms with Crippen LogP contribution in [0.15, 0.2) is 24.4 Å². The Hall–Kier alpha value is -2.05. The summed E-state index contributed by atoms with van der Waals surface area (Å²) in [5.41, 5.74) is -1.28. The lowest BCUT2D eigenvalue weighted by Crippen LogP contribution is -2.11. The van der Waals surface area contributed by atoms with Crippen molar-refractivity contribution in [1.82, 2.24) is 9.97 Å². The lowest BCUT2D eigenvalue weighted by Gasteiger charge is -2.11. The van der Waals surface area contributed by atoms with Crippen LogP contribution in [-0.2, 0) is 12.6 Å². The minimum Gasteiger partial charge on any atom is -0.237 e. The van der Waals surface area contributed by atoms with Gasteiger partial charge in [-0.1, -0.05) is 116 Å². The first-order valence-electron chi connectivity index (χ1n) is 14.7. The first kappa shape index (κ1) is 32.2. The van der Waals surface area contributed by atoms with E-state index in [1.165, 1.54) is 103 Å². The van der Waals surface area contributed by atoms with Gasteiger partial charge < -0.3 is 0 Å². The monoisotopic (exact) mass is 540 g/mol. The number of aryl methyl sites for hydroxylation is 1. The summed E-state index contributed by atoms with van der Waals surface area (Å²) in [7, 11) is 0. The van der Waals surface area contributed by atoms with Crippen molar-refractivity contribution in [2.24, 2.45) is 0 Å². The van der Waals surface area contributed by atoms with Gasteiger partial charge in [0.05, 0.1) is 0 Å². The zero-order chi connectivity index (χ0) is 27.6. The van der Waals surface area contributed by atoms with Crippen molar-refractivity contribution >= 4 is 0 Å². The third-order valence-corrected chi connectivity index (χ3v) is 7.08. The molecule has 7 heteroatoms.